The number of likely N-dealkylation sites (tertiary alicyclic amines) is 2. The van der Waals surface area contributed by atoms with Crippen LogP contribution in [0.3, 0.4) is 0 Å². The largest absolute Gasteiger partial charge is 0.453 e. The number of nitrogens with one attached hydrogen (secondary N) is 3. The van der Waals surface area contributed by atoms with Crippen LogP contribution in [0.15, 0.2) is 67.1 Å². The Hall–Kier alpha value is -5.34. The van der Waals surface area contributed by atoms with E-state index in [2.05, 4.69) is 73.8 Å². The van der Waals surface area contributed by atoms with E-state index < -0.39 is 18.2 Å². The van der Waals surface area contributed by atoms with Crippen LogP contribution in [0, 0.1) is 11.8 Å². The molecule has 3 aromatic heterocycles. The molecule has 0 aliphatic carbocycles. The molecule has 4 atom stereocenters. The normalized spacial score (nSPS) is 18.3. The molecule has 2 fully saturated rings. The lowest BCUT2D eigenvalue weighted by Crippen LogP contribution is -2.51. The fourth-order valence-corrected chi connectivity index (χ4v) is 8.36. The first-order valence-electron chi connectivity index (χ1n) is 19.0. The second-order valence-corrected chi connectivity index (χ2v) is 16.1. The van der Waals surface area contributed by atoms with Crippen LogP contribution in [0.25, 0.3) is 43.5 Å². The number of aromatic amines is 2. The van der Waals surface area contributed by atoms with Crippen molar-refractivity contribution < 1.29 is 19.1 Å². The van der Waals surface area contributed by atoms with Crippen LogP contribution < -0.4 is 11.1 Å². The van der Waals surface area contributed by atoms with Crippen LogP contribution >= 0.6 is 11.3 Å². The third-order valence-electron chi connectivity index (χ3n) is 10.7. The molecule has 5 heterocycles. The molecule has 5 N–H and O–H groups in total. The molecule has 5 aromatic rings. The molecular weight excluding hydrogens is 715 g/mol. The van der Waals surface area contributed by atoms with Crippen molar-refractivity contribution in [2.75, 3.05) is 20.2 Å². The van der Waals surface area contributed by atoms with Gasteiger partial charge in [-0.1, -0.05) is 76.2 Å². The van der Waals surface area contributed by atoms with Crippen LogP contribution in [0.5, 0.6) is 0 Å². The first-order chi connectivity index (χ1) is 26.5. The lowest BCUT2D eigenvalue weighted by molar-refractivity contribution is -0.136. The highest BCUT2D eigenvalue weighted by atomic mass is 32.1. The minimum Gasteiger partial charge on any atom is -0.453 e. The SMILES string of the molecule is COC(=O)NC(C(=O)N1CCCC1c1ncc(-c2ccc(-c3cnc(-c4ccc(-c5cnc(C6CCCN6C(=O)C(N)C(C)C)[nH]5)cc4)s3)cc2)[nH]1)C(C)C. The molecule has 288 valence electrons. The Morgan fingerprint density at radius 1 is 0.745 bits per heavy atom. The van der Waals surface area contributed by atoms with E-state index in [9.17, 15) is 14.4 Å². The molecule has 0 spiro atoms. The van der Waals surface area contributed by atoms with Gasteiger partial charge in [0.2, 0.25) is 11.8 Å². The summed E-state index contributed by atoms with van der Waals surface area (Å²) in [5.74, 6) is 1.36. The molecule has 3 amide bonds. The Morgan fingerprint density at radius 3 is 1.76 bits per heavy atom. The van der Waals surface area contributed by atoms with Crippen molar-refractivity contribution in [3.8, 4) is 43.5 Å². The highest BCUT2D eigenvalue weighted by Gasteiger charge is 2.38. The number of alkyl carbamates (subject to hydrolysis) is 1. The van der Waals surface area contributed by atoms with E-state index in [-0.39, 0.29) is 35.7 Å². The van der Waals surface area contributed by atoms with Gasteiger partial charge in [0.25, 0.3) is 0 Å². The number of aromatic nitrogens is 5. The number of ether oxygens (including phenoxy) is 1. The van der Waals surface area contributed by atoms with Gasteiger partial charge < -0.3 is 35.6 Å². The van der Waals surface area contributed by atoms with Gasteiger partial charge in [-0.15, -0.1) is 11.3 Å². The van der Waals surface area contributed by atoms with Crippen molar-refractivity contribution >= 4 is 29.2 Å². The first-order valence-corrected chi connectivity index (χ1v) is 19.8. The summed E-state index contributed by atoms with van der Waals surface area (Å²) in [5.41, 5.74) is 12.1. The van der Waals surface area contributed by atoms with E-state index >= 15 is 0 Å². The van der Waals surface area contributed by atoms with Crippen LogP contribution in [-0.2, 0) is 14.3 Å². The van der Waals surface area contributed by atoms with E-state index in [0.29, 0.717) is 13.1 Å². The predicted octanol–water partition coefficient (Wildman–Crippen LogP) is 6.95. The number of rotatable bonds is 11. The monoisotopic (exact) mass is 763 g/mol. The molecule has 4 unspecified atom stereocenters. The van der Waals surface area contributed by atoms with Crippen molar-refractivity contribution in [2.45, 2.75) is 77.5 Å². The quantitative estimate of drug-likeness (QED) is 0.112. The molecule has 13 nitrogen and oxygen atoms in total. The number of hydrogen-bond donors (Lipinski definition) is 4. The summed E-state index contributed by atoms with van der Waals surface area (Å²) in [7, 11) is 1.29. The summed E-state index contributed by atoms with van der Waals surface area (Å²) in [6, 6.07) is 15.1. The van der Waals surface area contributed by atoms with Gasteiger partial charge in [-0.2, -0.15) is 0 Å². The van der Waals surface area contributed by atoms with Gasteiger partial charge in [-0.05, 0) is 54.2 Å². The minimum atomic E-state index is -0.680. The Labute approximate surface area is 325 Å². The molecule has 0 radical (unpaired) electrons. The maximum atomic E-state index is 13.5. The first kappa shape index (κ1) is 38.0. The smallest absolute Gasteiger partial charge is 0.407 e. The van der Waals surface area contributed by atoms with E-state index in [1.54, 1.807) is 11.3 Å². The van der Waals surface area contributed by atoms with E-state index in [1.165, 1.54) is 7.11 Å². The highest BCUT2D eigenvalue weighted by molar-refractivity contribution is 7.18. The molecule has 55 heavy (non-hydrogen) atoms. The van der Waals surface area contributed by atoms with Crippen molar-refractivity contribution in [1.29, 1.82) is 0 Å². The van der Waals surface area contributed by atoms with Crippen LogP contribution in [0.2, 0.25) is 0 Å². The van der Waals surface area contributed by atoms with E-state index in [4.69, 9.17) is 15.5 Å². The van der Waals surface area contributed by atoms with Gasteiger partial charge in [0.1, 0.15) is 22.7 Å². The Morgan fingerprint density at radius 2 is 1.25 bits per heavy atom. The molecule has 2 aliphatic rings. The molecule has 14 heteroatoms. The maximum absolute atomic E-state index is 13.5. The van der Waals surface area contributed by atoms with Crippen LogP contribution in [-0.4, -0.2) is 84.9 Å². The van der Waals surface area contributed by atoms with Gasteiger partial charge in [0.15, 0.2) is 0 Å². The highest BCUT2D eigenvalue weighted by Crippen LogP contribution is 2.37. The number of H-pyrrole nitrogens is 2. The van der Waals surface area contributed by atoms with Crippen molar-refractivity contribution in [1.82, 2.24) is 40.0 Å². The number of carbonyl (C=O) groups is 3. The summed E-state index contributed by atoms with van der Waals surface area (Å²) in [4.78, 5) is 64.3. The number of nitrogens with zero attached hydrogens (tertiary/aromatic N) is 5. The number of nitrogens with two attached hydrogens (primary N) is 1. The van der Waals surface area contributed by atoms with Gasteiger partial charge >= 0.3 is 6.09 Å². The zero-order valence-electron chi connectivity index (χ0n) is 31.9. The number of benzene rings is 2. The summed E-state index contributed by atoms with van der Waals surface area (Å²) in [6.07, 6.45) is 8.37. The summed E-state index contributed by atoms with van der Waals surface area (Å²) in [6.45, 7) is 9.06. The molecule has 2 aliphatic heterocycles. The molecule has 2 saturated heterocycles. The van der Waals surface area contributed by atoms with E-state index in [1.807, 2.05) is 56.1 Å². The molecule has 0 saturated carbocycles. The lowest BCUT2D eigenvalue weighted by Gasteiger charge is -2.30. The molecule has 7 rings (SSSR count). The van der Waals surface area contributed by atoms with Gasteiger partial charge in [0, 0.05) is 24.8 Å². The number of imidazole rings is 2. The van der Waals surface area contributed by atoms with Crippen molar-refractivity contribution in [3.05, 3.63) is 78.8 Å². The second kappa shape index (κ2) is 16.2. The zero-order valence-corrected chi connectivity index (χ0v) is 32.7. The molecule has 0 bridgehead atoms. The fraction of sp³-hybridized carbons (Fsp3) is 0.415. The summed E-state index contributed by atoms with van der Waals surface area (Å²) in [5, 5.41) is 3.62. The van der Waals surface area contributed by atoms with Crippen molar-refractivity contribution in [3.63, 3.8) is 0 Å². The third-order valence-corrected chi connectivity index (χ3v) is 11.8. The number of carbonyl (C=O) groups excluding carboxylic acids is 3. The Kier molecular flexibility index (Phi) is 11.2. The maximum Gasteiger partial charge on any atom is 0.407 e. The molecular formula is C41H49N9O4S. The lowest BCUT2D eigenvalue weighted by atomic mass is 10.0. The van der Waals surface area contributed by atoms with E-state index in [0.717, 1.165) is 80.9 Å². The third kappa shape index (κ3) is 7.92. The number of amides is 3. The van der Waals surface area contributed by atoms with Crippen molar-refractivity contribution in [2.24, 2.45) is 17.6 Å². The Bertz CT molecular complexity index is 2120. The fourth-order valence-electron chi connectivity index (χ4n) is 7.44. The van der Waals surface area contributed by atoms with Crippen LogP contribution in [0.4, 0.5) is 4.79 Å². The number of methoxy groups -OCH3 is 1. The predicted molar refractivity (Wildman–Crippen MR) is 213 cm³/mol. The number of hydrogen-bond acceptors (Lipinski definition) is 9. The summed E-state index contributed by atoms with van der Waals surface area (Å²) >= 11 is 1.63. The Balaban J connectivity index is 0.995. The van der Waals surface area contributed by atoms with Gasteiger partial charge in [0.05, 0.1) is 53.9 Å². The second-order valence-electron chi connectivity index (χ2n) is 15.1. The average Bonchev–Trinajstić information content (AvgIpc) is 4.05. The zero-order chi connectivity index (χ0) is 38.8. The van der Waals surface area contributed by atoms with Gasteiger partial charge in [-0.25, -0.2) is 19.7 Å². The minimum absolute atomic E-state index is 0.0129. The average molecular weight is 764 g/mol. The summed E-state index contributed by atoms with van der Waals surface area (Å²) < 4.78 is 4.76. The standard InChI is InChI=1S/C41H49N9O4S/c1-23(2)34(42)39(51)49-18-6-8-31(49)36-43-21-30(46-36)26-12-16-28(17-13-26)38-45-22-33(55-38)27-14-10-25(11-15-27)29-20-44-37(47-29)32-9-7-19-50(32)40(52)35(24(3)4)48-41(53)54-5/h10-17,20-24,31-32,34-35H,6-9,18-19,42H2,1-5H3,(H,43,46)(H,44,47)(H,48,53). The molecule has 2 aromatic carbocycles. The van der Waals surface area contributed by atoms with Crippen LogP contribution in [0.1, 0.15) is 77.1 Å². The van der Waals surface area contributed by atoms with Gasteiger partial charge in [-0.3, -0.25) is 9.59 Å². The topological polar surface area (TPSA) is 175 Å². The number of thiazole rings is 1.